The maximum atomic E-state index is 11.9. The van der Waals surface area contributed by atoms with Crippen LogP contribution >= 0.6 is 0 Å². The monoisotopic (exact) mass is 333 g/mol. The van der Waals surface area contributed by atoms with Crippen molar-refractivity contribution in [2.24, 2.45) is 5.14 Å². The molecule has 0 unspecified atom stereocenters. The van der Waals surface area contributed by atoms with E-state index in [-0.39, 0.29) is 10.5 Å². The normalized spacial score (nSPS) is 11.2. The average Bonchev–Trinajstić information content (AvgIpc) is 2.53. The summed E-state index contributed by atoms with van der Waals surface area (Å²) in [5, 5.41) is 5.33. The molecular weight excluding hydrogens is 314 g/mol. The summed E-state index contributed by atoms with van der Waals surface area (Å²) in [6.45, 7) is 2.37. The third-order valence-electron chi connectivity index (χ3n) is 3.32. The second kappa shape index (κ2) is 7.39. The lowest BCUT2D eigenvalue weighted by molar-refractivity contribution is 0.112. The van der Waals surface area contributed by atoms with Gasteiger partial charge in [-0.15, -0.1) is 0 Å². The van der Waals surface area contributed by atoms with Gasteiger partial charge < -0.3 is 4.74 Å². The van der Waals surface area contributed by atoms with Crippen LogP contribution in [0.3, 0.4) is 0 Å². The van der Waals surface area contributed by atoms with Crippen LogP contribution in [0.1, 0.15) is 34.8 Å². The Kier molecular flexibility index (Phi) is 5.52. The number of benzene rings is 2. The SMILES string of the molecule is CCCOc1cc(C=O)cc(S(N)(=O)=O)c1Cc1ccccc1. The van der Waals surface area contributed by atoms with Crippen LogP contribution in [-0.2, 0) is 16.4 Å². The number of hydrogen-bond acceptors (Lipinski definition) is 4. The van der Waals surface area contributed by atoms with Crippen molar-refractivity contribution >= 4 is 16.3 Å². The minimum Gasteiger partial charge on any atom is -0.493 e. The zero-order valence-corrected chi connectivity index (χ0v) is 13.7. The topological polar surface area (TPSA) is 86.5 Å². The maximum absolute atomic E-state index is 11.9. The van der Waals surface area contributed by atoms with Crippen LogP contribution in [0.4, 0.5) is 0 Å². The molecule has 122 valence electrons. The minimum atomic E-state index is -3.97. The van der Waals surface area contributed by atoms with Gasteiger partial charge in [-0.05, 0) is 24.1 Å². The molecule has 0 aliphatic rings. The van der Waals surface area contributed by atoms with Gasteiger partial charge in [-0.1, -0.05) is 37.3 Å². The zero-order chi connectivity index (χ0) is 16.9. The fourth-order valence-corrected chi connectivity index (χ4v) is 3.09. The van der Waals surface area contributed by atoms with E-state index >= 15 is 0 Å². The van der Waals surface area contributed by atoms with Crippen LogP contribution in [-0.4, -0.2) is 21.3 Å². The summed E-state index contributed by atoms with van der Waals surface area (Å²) in [5.74, 6) is 0.379. The number of carbonyl (C=O) groups excluding carboxylic acids is 1. The lowest BCUT2D eigenvalue weighted by Crippen LogP contribution is -2.16. The lowest BCUT2D eigenvalue weighted by Gasteiger charge is -2.15. The minimum absolute atomic E-state index is 0.0722. The molecule has 0 aliphatic carbocycles. The fourth-order valence-electron chi connectivity index (χ4n) is 2.28. The van der Waals surface area contributed by atoms with Gasteiger partial charge in [0.1, 0.15) is 12.0 Å². The van der Waals surface area contributed by atoms with Crippen LogP contribution in [0, 0.1) is 0 Å². The molecule has 6 heteroatoms. The van der Waals surface area contributed by atoms with Crippen LogP contribution in [0.25, 0.3) is 0 Å². The van der Waals surface area contributed by atoms with E-state index in [1.165, 1.54) is 6.07 Å². The molecule has 0 bridgehead atoms. The smallest absolute Gasteiger partial charge is 0.238 e. The molecule has 0 saturated heterocycles. The number of sulfonamides is 1. The Morgan fingerprint density at radius 3 is 2.43 bits per heavy atom. The van der Waals surface area contributed by atoms with Gasteiger partial charge in [0.2, 0.25) is 10.0 Å². The van der Waals surface area contributed by atoms with Gasteiger partial charge in [0.25, 0.3) is 0 Å². The largest absolute Gasteiger partial charge is 0.493 e. The van der Waals surface area contributed by atoms with Crippen molar-refractivity contribution in [1.82, 2.24) is 0 Å². The molecule has 5 nitrogen and oxygen atoms in total. The summed E-state index contributed by atoms with van der Waals surface area (Å²) in [6, 6.07) is 12.3. The number of hydrogen-bond donors (Lipinski definition) is 1. The zero-order valence-electron chi connectivity index (χ0n) is 12.9. The maximum Gasteiger partial charge on any atom is 0.238 e. The number of rotatable bonds is 7. The van der Waals surface area contributed by atoms with E-state index in [9.17, 15) is 13.2 Å². The van der Waals surface area contributed by atoms with Gasteiger partial charge in [-0.2, -0.15) is 0 Å². The van der Waals surface area contributed by atoms with Crippen LogP contribution in [0.5, 0.6) is 5.75 Å². The second-order valence-corrected chi connectivity index (χ2v) is 6.70. The highest BCUT2D eigenvalue weighted by Gasteiger charge is 2.20. The highest BCUT2D eigenvalue weighted by atomic mass is 32.2. The highest BCUT2D eigenvalue weighted by molar-refractivity contribution is 7.89. The summed E-state index contributed by atoms with van der Waals surface area (Å²) < 4.78 is 29.5. The van der Waals surface area contributed by atoms with E-state index in [1.54, 1.807) is 6.07 Å². The molecular formula is C17H19NO4S. The van der Waals surface area contributed by atoms with E-state index < -0.39 is 10.0 Å². The first-order valence-electron chi connectivity index (χ1n) is 7.27. The number of ether oxygens (including phenoxy) is 1. The Labute approximate surface area is 136 Å². The summed E-state index contributed by atoms with van der Waals surface area (Å²) in [7, 11) is -3.97. The molecule has 0 amide bonds. The van der Waals surface area contributed by atoms with Crippen molar-refractivity contribution in [3.63, 3.8) is 0 Å². The Morgan fingerprint density at radius 2 is 1.87 bits per heavy atom. The van der Waals surface area contributed by atoms with E-state index in [1.807, 2.05) is 37.3 Å². The quantitative estimate of drug-likeness (QED) is 0.789. The van der Waals surface area contributed by atoms with Gasteiger partial charge >= 0.3 is 0 Å². The van der Waals surface area contributed by atoms with Gasteiger partial charge in [0.05, 0.1) is 11.5 Å². The predicted octanol–water partition coefficient (Wildman–Crippen LogP) is 2.53. The molecule has 23 heavy (non-hydrogen) atoms. The molecule has 0 saturated carbocycles. The summed E-state index contributed by atoms with van der Waals surface area (Å²) in [4.78, 5) is 11.0. The van der Waals surface area contributed by atoms with Crippen molar-refractivity contribution < 1.29 is 17.9 Å². The summed E-state index contributed by atoms with van der Waals surface area (Å²) in [5.41, 5.74) is 1.62. The van der Waals surface area contributed by atoms with Crippen LogP contribution < -0.4 is 9.88 Å². The van der Waals surface area contributed by atoms with E-state index in [4.69, 9.17) is 9.88 Å². The Balaban J connectivity index is 2.60. The first kappa shape index (κ1) is 17.2. The molecule has 0 aliphatic heterocycles. The molecule has 0 aromatic heterocycles. The molecule has 0 fully saturated rings. The third-order valence-corrected chi connectivity index (χ3v) is 4.30. The van der Waals surface area contributed by atoms with Crippen molar-refractivity contribution in [3.05, 3.63) is 59.2 Å². The van der Waals surface area contributed by atoms with Crippen molar-refractivity contribution in [2.45, 2.75) is 24.7 Å². The summed E-state index contributed by atoms with van der Waals surface area (Å²) in [6.07, 6.45) is 1.70. The van der Waals surface area contributed by atoms with Crippen LogP contribution in [0.15, 0.2) is 47.4 Å². The number of nitrogens with two attached hydrogens (primary N) is 1. The number of primary sulfonamides is 1. The molecule has 2 aromatic rings. The Hall–Kier alpha value is -2.18. The van der Waals surface area contributed by atoms with Crippen molar-refractivity contribution in [1.29, 1.82) is 0 Å². The molecule has 0 heterocycles. The van der Waals surface area contributed by atoms with E-state index in [0.717, 1.165) is 12.0 Å². The highest BCUT2D eigenvalue weighted by Crippen LogP contribution is 2.30. The molecule has 0 spiro atoms. The number of carbonyl (C=O) groups is 1. The number of aldehydes is 1. The third kappa shape index (κ3) is 4.40. The second-order valence-electron chi connectivity index (χ2n) is 5.17. The summed E-state index contributed by atoms with van der Waals surface area (Å²) >= 11 is 0. The predicted molar refractivity (Wildman–Crippen MR) is 88.2 cm³/mol. The Morgan fingerprint density at radius 1 is 1.17 bits per heavy atom. The van der Waals surface area contributed by atoms with E-state index in [2.05, 4.69) is 0 Å². The first-order valence-corrected chi connectivity index (χ1v) is 8.82. The van der Waals surface area contributed by atoms with Crippen molar-refractivity contribution in [3.8, 4) is 5.75 Å². The van der Waals surface area contributed by atoms with Gasteiger partial charge in [-0.25, -0.2) is 13.6 Å². The van der Waals surface area contributed by atoms with Gasteiger partial charge in [-0.3, -0.25) is 4.79 Å². The molecule has 2 N–H and O–H groups in total. The first-order chi connectivity index (χ1) is 11.0. The lowest BCUT2D eigenvalue weighted by atomic mass is 10.0. The Bertz CT molecular complexity index is 786. The van der Waals surface area contributed by atoms with Gasteiger partial charge in [0, 0.05) is 17.5 Å². The molecule has 2 aromatic carbocycles. The molecule has 0 radical (unpaired) electrons. The van der Waals surface area contributed by atoms with Crippen LogP contribution in [0.2, 0.25) is 0 Å². The average molecular weight is 333 g/mol. The van der Waals surface area contributed by atoms with Gasteiger partial charge in [0.15, 0.2) is 0 Å². The molecule has 2 rings (SSSR count). The molecule has 0 atom stereocenters. The standard InChI is InChI=1S/C17H19NO4S/c1-2-8-22-16-10-14(12-19)11-17(23(18,20)21)15(16)9-13-6-4-3-5-7-13/h3-7,10-12H,2,8-9H2,1H3,(H2,18,20,21). The van der Waals surface area contributed by atoms with E-state index in [0.29, 0.717) is 30.6 Å². The van der Waals surface area contributed by atoms with Crippen molar-refractivity contribution in [2.75, 3.05) is 6.61 Å². The fraction of sp³-hybridized carbons (Fsp3) is 0.235.